The summed E-state index contributed by atoms with van der Waals surface area (Å²) >= 11 is 0. The Morgan fingerprint density at radius 1 is 1.62 bits per heavy atom. The van der Waals surface area contributed by atoms with Gasteiger partial charge in [0.05, 0.1) is 12.7 Å². The molecule has 5 nitrogen and oxygen atoms in total. The molecule has 16 heavy (non-hydrogen) atoms. The topological polar surface area (TPSA) is 66.6 Å². The fraction of sp³-hybridized carbons (Fsp3) is 0.636. The van der Waals surface area contributed by atoms with Crippen LogP contribution in [-0.2, 0) is 6.54 Å². The molecular formula is C11H16N2O3. The van der Waals surface area contributed by atoms with Crippen LogP contribution in [0, 0.1) is 5.92 Å². The first-order valence-electron chi connectivity index (χ1n) is 5.55. The second-order valence-electron chi connectivity index (χ2n) is 4.38. The molecule has 0 radical (unpaired) electrons. The highest BCUT2D eigenvalue weighted by Crippen LogP contribution is 2.18. The summed E-state index contributed by atoms with van der Waals surface area (Å²) in [5, 5.41) is 8.69. The van der Waals surface area contributed by atoms with Crippen molar-refractivity contribution < 1.29 is 14.3 Å². The van der Waals surface area contributed by atoms with Gasteiger partial charge in [0.15, 0.2) is 0 Å². The number of carbonyl (C=O) groups is 1. The van der Waals surface area contributed by atoms with Crippen molar-refractivity contribution in [2.45, 2.75) is 26.3 Å². The molecule has 0 saturated carbocycles. The Balaban J connectivity index is 1.91. The molecule has 5 heteroatoms. The summed E-state index contributed by atoms with van der Waals surface area (Å²) in [7, 11) is 0. The zero-order chi connectivity index (χ0) is 11.5. The van der Waals surface area contributed by atoms with Crippen molar-refractivity contribution in [3.63, 3.8) is 0 Å². The van der Waals surface area contributed by atoms with Crippen LogP contribution in [0.15, 0.2) is 10.6 Å². The molecule has 1 aliphatic heterocycles. The number of rotatable bonds is 3. The number of piperidine rings is 1. The maximum absolute atomic E-state index is 10.6. The van der Waals surface area contributed by atoms with Gasteiger partial charge >= 0.3 is 5.97 Å². The lowest BCUT2D eigenvalue weighted by atomic mass is 9.99. The summed E-state index contributed by atoms with van der Waals surface area (Å²) in [6.07, 6.45) is 3.64. The van der Waals surface area contributed by atoms with Crippen LogP contribution < -0.4 is 0 Å². The molecular weight excluding hydrogens is 208 g/mol. The third kappa shape index (κ3) is 2.61. The van der Waals surface area contributed by atoms with Gasteiger partial charge in [-0.2, -0.15) is 0 Å². The molecule has 2 heterocycles. The van der Waals surface area contributed by atoms with Crippen molar-refractivity contribution in [1.82, 2.24) is 9.88 Å². The Labute approximate surface area is 94.1 Å². The molecule has 1 N–H and O–H groups in total. The van der Waals surface area contributed by atoms with Crippen LogP contribution in [0.2, 0.25) is 0 Å². The standard InChI is InChI=1S/C11H16N2O3/c1-8-2-4-13(5-3-8)7-10-12-6-9(16-10)11(14)15/h6,8H,2-5,7H2,1H3,(H,14,15). The fourth-order valence-corrected chi connectivity index (χ4v) is 1.89. The number of hydrogen-bond acceptors (Lipinski definition) is 4. The van der Waals surface area contributed by atoms with E-state index in [0.717, 1.165) is 19.0 Å². The SMILES string of the molecule is CC1CCN(Cc2ncc(C(=O)O)o2)CC1. The van der Waals surface area contributed by atoms with Crippen LogP contribution in [0.3, 0.4) is 0 Å². The minimum absolute atomic E-state index is 0.0830. The zero-order valence-corrected chi connectivity index (χ0v) is 9.35. The third-order valence-corrected chi connectivity index (χ3v) is 3.00. The summed E-state index contributed by atoms with van der Waals surface area (Å²) < 4.78 is 5.12. The van der Waals surface area contributed by atoms with Gasteiger partial charge in [-0.05, 0) is 31.8 Å². The van der Waals surface area contributed by atoms with Gasteiger partial charge in [-0.3, -0.25) is 4.90 Å². The van der Waals surface area contributed by atoms with Crippen LogP contribution in [0.25, 0.3) is 0 Å². The van der Waals surface area contributed by atoms with Crippen molar-refractivity contribution in [2.75, 3.05) is 13.1 Å². The average Bonchev–Trinajstić information content (AvgIpc) is 2.70. The summed E-state index contributed by atoms with van der Waals surface area (Å²) in [6.45, 7) is 4.93. The molecule has 0 spiro atoms. The monoisotopic (exact) mass is 224 g/mol. The van der Waals surface area contributed by atoms with E-state index < -0.39 is 5.97 Å². The second-order valence-corrected chi connectivity index (χ2v) is 4.38. The van der Waals surface area contributed by atoms with Crippen molar-refractivity contribution >= 4 is 5.97 Å². The van der Waals surface area contributed by atoms with Gasteiger partial charge in [-0.15, -0.1) is 0 Å². The van der Waals surface area contributed by atoms with Crippen LogP contribution in [0.1, 0.15) is 36.2 Å². The Hall–Kier alpha value is -1.36. The summed E-state index contributed by atoms with van der Waals surface area (Å²) in [5.74, 6) is 0.133. The van der Waals surface area contributed by atoms with Gasteiger partial charge in [-0.1, -0.05) is 6.92 Å². The van der Waals surface area contributed by atoms with Gasteiger partial charge in [0.1, 0.15) is 0 Å². The number of nitrogens with zero attached hydrogens (tertiary/aromatic N) is 2. The van der Waals surface area contributed by atoms with E-state index in [1.165, 1.54) is 19.0 Å². The molecule has 0 aliphatic carbocycles. The molecule has 0 atom stereocenters. The second kappa shape index (κ2) is 4.65. The minimum Gasteiger partial charge on any atom is -0.475 e. The van der Waals surface area contributed by atoms with Gasteiger partial charge in [0.25, 0.3) is 0 Å². The van der Waals surface area contributed by atoms with E-state index in [-0.39, 0.29) is 5.76 Å². The van der Waals surface area contributed by atoms with E-state index in [9.17, 15) is 4.79 Å². The molecule has 88 valence electrons. The first kappa shape index (κ1) is 11.1. The van der Waals surface area contributed by atoms with Crippen molar-refractivity contribution in [1.29, 1.82) is 0 Å². The number of hydrogen-bond donors (Lipinski definition) is 1. The molecule has 1 fully saturated rings. The lowest BCUT2D eigenvalue weighted by Crippen LogP contribution is -2.32. The van der Waals surface area contributed by atoms with Crippen molar-refractivity contribution in [3.05, 3.63) is 17.8 Å². The molecule has 1 aromatic rings. The molecule has 0 bridgehead atoms. The highest BCUT2D eigenvalue weighted by molar-refractivity contribution is 5.83. The third-order valence-electron chi connectivity index (χ3n) is 3.00. The largest absolute Gasteiger partial charge is 0.475 e. The maximum Gasteiger partial charge on any atom is 0.373 e. The quantitative estimate of drug-likeness (QED) is 0.844. The Morgan fingerprint density at radius 3 is 2.88 bits per heavy atom. The van der Waals surface area contributed by atoms with Gasteiger partial charge < -0.3 is 9.52 Å². The van der Waals surface area contributed by atoms with E-state index in [2.05, 4.69) is 16.8 Å². The predicted molar refractivity (Wildman–Crippen MR) is 57.1 cm³/mol. The van der Waals surface area contributed by atoms with Crippen LogP contribution in [0.4, 0.5) is 0 Å². The molecule has 1 aliphatic rings. The number of aromatic nitrogens is 1. The minimum atomic E-state index is -1.06. The fourth-order valence-electron chi connectivity index (χ4n) is 1.89. The van der Waals surface area contributed by atoms with Gasteiger partial charge in [0.2, 0.25) is 11.7 Å². The molecule has 1 saturated heterocycles. The number of aromatic carboxylic acids is 1. The number of carboxylic acids is 1. The van der Waals surface area contributed by atoms with Crippen LogP contribution >= 0.6 is 0 Å². The average molecular weight is 224 g/mol. The molecule has 0 aromatic carbocycles. The highest BCUT2D eigenvalue weighted by atomic mass is 16.4. The predicted octanol–water partition coefficient (Wildman–Crippen LogP) is 1.60. The summed E-state index contributed by atoms with van der Waals surface area (Å²) in [6, 6.07) is 0. The van der Waals surface area contributed by atoms with Crippen molar-refractivity contribution in [3.8, 4) is 0 Å². The van der Waals surface area contributed by atoms with E-state index >= 15 is 0 Å². The summed E-state index contributed by atoms with van der Waals surface area (Å²) in [5.41, 5.74) is 0. The number of carboxylic acid groups (broad SMARTS) is 1. The Kier molecular flexibility index (Phi) is 3.24. The molecule has 0 amide bonds. The molecule has 0 unspecified atom stereocenters. The van der Waals surface area contributed by atoms with Gasteiger partial charge in [-0.25, -0.2) is 9.78 Å². The Morgan fingerprint density at radius 2 is 2.31 bits per heavy atom. The van der Waals surface area contributed by atoms with Crippen molar-refractivity contribution in [2.24, 2.45) is 5.92 Å². The molecule has 2 rings (SSSR count). The first-order valence-corrected chi connectivity index (χ1v) is 5.55. The number of oxazole rings is 1. The summed E-state index contributed by atoms with van der Waals surface area (Å²) in [4.78, 5) is 16.8. The highest BCUT2D eigenvalue weighted by Gasteiger charge is 2.18. The van der Waals surface area contributed by atoms with E-state index in [1.54, 1.807) is 0 Å². The molecule has 1 aromatic heterocycles. The lowest BCUT2D eigenvalue weighted by Gasteiger charge is -2.28. The lowest BCUT2D eigenvalue weighted by molar-refractivity contribution is 0.0657. The van der Waals surface area contributed by atoms with Gasteiger partial charge in [0, 0.05) is 0 Å². The van der Waals surface area contributed by atoms with Crippen LogP contribution in [-0.4, -0.2) is 34.0 Å². The number of likely N-dealkylation sites (tertiary alicyclic amines) is 1. The zero-order valence-electron chi connectivity index (χ0n) is 9.35. The smallest absolute Gasteiger partial charge is 0.373 e. The first-order chi connectivity index (χ1) is 7.65. The van der Waals surface area contributed by atoms with E-state index in [0.29, 0.717) is 12.4 Å². The maximum atomic E-state index is 10.6. The normalized spacial score (nSPS) is 18.8. The van der Waals surface area contributed by atoms with Crippen LogP contribution in [0.5, 0.6) is 0 Å². The van der Waals surface area contributed by atoms with E-state index in [4.69, 9.17) is 9.52 Å². The van der Waals surface area contributed by atoms with E-state index in [1.807, 2.05) is 0 Å². The Bertz CT molecular complexity index is 367.